The summed E-state index contributed by atoms with van der Waals surface area (Å²) in [6.45, 7) is 5.33. The van der Waals surface area contributed by atoms with E-state index in [-0.39, 0.29) is 17.6 Å². The fraction of sp³-hybridized carbons (Fsp3) is 0.0833. The number of nitrogens with zero attached hydrogens (tertiary/aromatic N) is 3. The molecule has 0 aliphatic carbocycles. The number of rotatable bonds is 5. The monoisotopic (exact) mass is 430 g/mol. The highest BCUT2D eigenvalue weighted by Gasteiger charge is 2.23. The molecule has 0 bridgehead atoms. The molecule has 1 aromatic carbocycles. The van der Waals surface area contributed by atoms with Crippen molar-refractivity contribution in [2.24, 2.45) is 0 Å². The molecule has 160 valence electrons. The minimum absolute atomic E-state index is 0.0683. The van der Waals surface area contributed by atoms with Gasteiger partial charge in [-0.3, -0.25) is 19.1 Å². The summed E-state index contributed by atoms with van der Waals surface area (Å²) in [6, 6.07) is 12.1. The molecule has 3 aromatic heterocycles. The molecule has 4 rings (SSSR count). The Balaban J connectivity index is 1.96. The molecule has 1 amide bonds. The first-order chi connectivity index (χ1) is 15.4. The lowest BCUT2D eigenvalue weighted by Crippen LogP contribution is -2.32. The number of carbonyl (C=O) groups is 1. The highest BCUT2D eigenvalue weighted by molar-refractivity contribution is 6.02. The van der Waals surface area contributed by atoms with Crippen molar-refractivity contribution in [2.45, 2.75) is 13.5 Å². The van der Waals surface area contributed by atoms with Gasteiger partial charge >= 0.3 is 0 Å². The summed E-state index contributed by atoms with van der Waals surface area (Å²) >= 11 is 0. The Hall–Kier alpha value is -4.33. The van der Waals surface area contributed by atoms with Crippen molar-refractivity contribution < 1.29 is 14.3 Å². The van der Waals surface area contributed by atoms with Crippen molar-refractivity contribution >= 4 is 16.9 Å². The zero-order valence-electron chi connectivity index (χ0n) is 17.2. The van der Waals surface area contributed by atoms with Crippen LogP contribution in [0.1, 0.15) is 21.6 Å². The molecule has 2 N–H and O–H groups in total. The van der Waals surface area contributed by atoms with Gasteiger partial charge in [0, 0.05) is 11.8 Å². The van der Waals surface area contributed by atoms with Gasteiger partial charge in [0.05, 0.1) is 23.8 Å². The zero-order valence-corrected chi connectivity index (χ0v) is 17.2. The Morgan fingerprint density at radius 1 is 1.16 bits per heavy atom. The number of amides is 1. The summed E-state index contributed by atoms with van der Waals surface area (Å²) in [4.78, 5) is 34.1. The molecule has 0 saturated heterocycles. The fourth-order valence-electron chi connectivity index (χ4n) is 3.40. The van der Waals surface area contributed by atoms with Crippen LogP contribution >= 0.6 is 0 Å². The molecule has 0 radical (unpaired) electrons. The van der Waals surface area contributed by atoms with Gasteiger partial charge in [-0.1, -0.05) is 36.4 Å². The number of aryl methyl sites for hydroxylation is 1. The van der Waals surface area contributed by atoms with Crippen LogP contribution in [-0.4, -0.2) is 25.5 Å². The van der Waals surface area contributed by atoms with Gasteiger partial charge in [-0.05, 0) is 36.9 Å². The predicted molar refractivity (Wildman–Crippen MR) is 119 cm³/mol. The number of carbonyl (C=O) groups excluding carboxylic acids is 1. The normalized spacial score (nSPS) is 10.8. The summed E-state index contributed by atoms with van der Waals surface area (Å²) < 4.78 is 14.5. The Kier molecular flexibility index (Phi) is 5.51. The van der Waals surface area contributed by atoms with Crippen molar-refractivity contribution in [1.29, 1.82) is 0 Å². The molecule has 0 aliphatic heterocycles. The number of halogens is 1. The first-order valence-electron chi connectivity index (χ1n) is 9.74. The number of hydrogen-bond acceptors (Lipinski definition) is 5. The largest absolute Gasteiger partial charge is 0.506 e. The molecule has 4 aromatic rings. The lowest BCUT2D eigenvalue weighted by Gasteiger charge is -2.14. The molecule has 8 heteroatoms. The van der Waals surface area contributed by atoms with Crippen molar-refractivity contribution in [3.05, 3.63) is 101 Å². The molecule has 7 nitrogen and oxygen atoms in total. The van der Waals surface area contributed by atoms with Crippen LogP contribution < -0.4 is 10.9 Å². The van der Waals surface area contributed by atoms with Crippen LogP contribution in [0.25, 0.3) is 22.2 Å². The lowest BCUT2D eigenvalue weighted by atomic mass is 10.0. The summed E-state index contributed by atoms with van der Waals surface area (Å²) in [6.07, 6.45) is 3.75. The second-order valence-corrected chi connectivity index (χ2v) is 7.22. The molecule has 0 spiro atoms. The van der Waals surface area contributed by atoms with E-state index in [4.69, 9.17) is 0 Å². The van der Waals surface area contributed by atoms with E-state index in [9.17, 15) is 19.1 Å². The van der Waals surface area contributed by atoms with Crippen molar-refractivity contribution in [1.82, 2.24) is 19.9 Å². The second kappa shape index (κ2) is 8.43. The van der Waals surface area contributed by atoms with Crippen LogP contribution in [0.2, 0.25) is 0 Å². The smallest absolute Gasteiger partial charge is 0.269 e. The molecule has 3 heterocycles. The molecule has 0 fully saturated rings. The van der Waals surface area contributed by atoms with Crippen molar-refractivity contribution in [2.75, 3.05) is 0 Å². The summed E-state index contributed by atoms with van der Waals surface area (Å²) in [5, 5.41) is 13.4. The molecule has 32 heavy (non-hydrogen) atoms. The molecule has 0 atom stereocenters. The van der Waals surface area contributed by atoms with Gasteiger partial charge in [0.25, 0.3) is 11.5 Å². The maximum Gasteiger partial charge on any atom is 0.269 e. The van der Waals surface area contributed by atoms with E-state index in [2.05, 4.69) is 21.9 Å². The standard InChI is InChI=1S/C24H19FN4O3/c1-3-26-23(31)20-21(30)19-10-16(15-6-4-14(2)5-7-15)11-28-22(19)29(24(20)32)13-18-9-8-17(25)12-27-18/h3-12,30H,1,13H2,2H3,(H,26,31). The molecule has 0 unspecified atom stereocenters. The van der Waals surface area contributed by atoms with Crippen LogP contribution in [0.4, 0.5) is 4.39 Å². The van der Waals surface area contributed by atoms with E-state index >= 15 is 0 Å². The number of aromatic nitrogens is 3. The minimum atomic E-state index is -0.800. The van der Waals surface area contributed by atoms with Crippen LogP contribution in [-0.2, 0) is 6.54 Å². The Bertz CT molecular complexity index is 1390. The third kappa shape index (κ3) is 3.85. The SMILES string of the molecule is C=CNC(=O)c1c(O)c2cc(-c3ccc(C)cc3)cnc2n(Cc2ccc(F)cn2)c1=O. The van der Waals surface area contributed by atoms with Gasteiger partial charge in [0.2, 0.25) is 0 Å². The van der Waals surface area contributed by atoms with Crippen LogP contribution in [0.5, 0.6) is 5.75 Å². The van der Waals surface area contributed by atoms with Crippen LogP contribution in [0.3, 0.4) is 0 Å². The third-order valence-electron chi connectivity index (χ3n) is 5.03. The van der Waals surface area contributed by atoms with Crippen molar-refractivity contribution in [3.8, 4) is 16.9 Å². The fourth-order valence-corrected chi connectivity index (χ4v) is 3.40. The van der Waals surface area contributed by atoms with Crippen LogP contribution in [0.15, 0.2) is 72.4 Å². The van der Waals surface area contributed by atoms with Gasteiger partial charge < -0.3 is 10.4 Å². The first-order valence-corrected chi connectivity index (χ1v) is 9.74. The van der Waals surface area contributed by atoms with E-state index in [0.29, 0.717) is 11.3 Å². The van der Waals surface area contributed by atoms with E-state index in [1.54, 1.807) is 12.3 Å². The molecular formula is C24H19FN4O3. The topological polar surface area (TPSA) is 97.1 Å². The molecule has 0 saturated carbocycles. The zero-order chi connectivity index (χ0) is 22.8. The van der Waals surface area contributed by atoms with Crippen LogP contribution in [0, 0.1) is 12.7 Å². The number of aromatic hydroxyl groups is 1. The average Bonchev–Trinajstić information content (AvgIpc) is 2.78. The Morgan fingerprint density at radius 2 is 1.91 bits per heavy atom. The summed E-state index contributed by atoms with van der Waals surface area (Å²) in [7, 11) is 0. The summed E-state index contributed by atoms with van der Waals surface area (Å²) in [5.74, 6) is -1.79. The lowest BCUT2D eigenvalue weighted by molar-refractivity contribution is 0.0966. The first kappa shape index (κ1) is 20.9. The average molecular weight is 430 g/mol. The number of nitrogens with one attached hydrogen (secondary N) is 1. The third-order valence-corrected chi connectivity index (χ3v) is 5.03. The number of benzene rings is 1. The Morgan fingerprint density at radius 3 is 2.56 bits per heavy atom. The molecule has 0 aliphatic rings. The number of pyridine rings is 3. The maximum absolute atomic E-state index is 13.3. The predicted octanol–water partition coefficient (Wildman–Crippen LogP) is 3.53. The van der Waals surface area contributed by atoms with Crippen molar-refractivity contribution in [3.63, 3.8) is 0 Å². The molecular weight excluding hydrogens is 411 g/mol. The van der Waals surface area contributed by atoms with E-state index in [1.807, 2.05) is 31.2 Å². The summed E-state index contributed by atoms with van der Waals surface area (Å²) in [5.41, 5.74) is 2.02. The van der Waals surface area contributed by atoms with E-state index in [0.717, 1.165) is 23.5 Å². The number of fused-ring (bicyclic) bond motifs is 1. The van der Waals surface area contributed by atoms with Gasteiger partial charge in [0.15, 0.2) is 0 Å². The van der Waals surface area contributed by atoms with E-state index in [1.165, 1.54) is 16.7 Å². The van der Waals surface area contributed by atoms with Gasteiger partial charge in [-0.25, -0.2) is 9.37 Å². The van der Waals surface area contributed by atoms with Gasteiger partial charge in [-0.15, -0.1) is 0 Å². The minimum Gasteiger partial charge on any atom is -0.506 e. The van der Waals surface area contributed by atoms with E-state index < -0.39 is 28.6 Å². The highest BCUT2D eigenvalue weighted by atomic mass is 19.1. The highest BCUT2D eigenvalue weighted by Crippen LogP contribution is 2.30. The Labute approximate surface area is 182 Å². The van der Waals surface area contributed by atoms with Gasteiger partial charge in [0.1, 0.15) is 22.8 Å². The number of hydrogen-bond donors (Lipinski definition) is 2. The van der Waals surface area contributed by atoms with Gasteiger partial charge in [-0.2, -0.15) is 0 Å². The second-order valence-electron chi connectivity index (χ2n) is 7.22. The quantitative estimate of drug-likeness (QED) is 0.505. The maximum atomic E-state index is 13.3.